The summed E-state index contributed by atoms with van der Waals surface area (Å²) in [6.07, 6.45) is 1.90. The number of benzene rings is 1. The van der Waals surface area contributed by atoms with E-state index in [0.29, 0.717) is 51.4 Å². The van der Waals surface area contributed by atoms with Crippen LogP contribution in [0.25, 0.3) is 5.69 Å². The minimum Gasteiger partial charge on any atom is -0.338 e. The molecule has 2 aliphatic heterocycles. The molecule has 0 spiro atoms. The molecule has 38 heavy (non-hydrogen) atoms. The first-order valence-corrected chi connectivity index (χ1v) is 12.6. The Balaban J connectivity index is 1.32. The van der Waals surface area contributed by atoms with Crippen molar-refractivity contribution in [3.05, 3.63) is 52.6 Å². The van der Waals surface area contributed by atoms with E-state index in [1.165, 1.54) is 16.8 Å². The van der Waals surface area contributed by atoms with Crippen molar-refractivity contribution in [1.82, 2.24) is 24.3 Å². The number of amides is 4. The maximum atomic E-state index is 12.7. The van der Waals surface area contributed by atoms with Gasteiger partial charge < -0.3 is 31.9 Å². The number of nitrogens with zero attached hydrogens (tertiary/aromatic N) is 5. The number of anilines is 1. The Bertz CT molecular complexity index is 1240. The maximum Gasteiger partial charge on any atom is 0.354 e. The molecule has 2 aliphatic rings. The van der Waals surface area contributed by atoms with Gasteiger partial charge in [-0.3, -0.25) is 19.5 Å². The molecule has 2 fully saturated rings. The van der Waals surface area contributed by atoms with Gasteiger partial charge in [0.2, 0.25) is 11.8 Å². The quantitative estimate of drug-likeness (QED) is 0.358. The van der Waals surface area contributed by atoms with Gasteiger partial charge in [0.15, 0.2) is 0 Å². The second-order valence-electron chi connectivity index (χ2n) is 10.4. The first-order valence-electron chi connectivity index (χ1n) is 12.6. The summed E-state index contributed by atoms with van der Waals surface area (Å²) >= 11 is 0. The molecule has 1 aromatic carbocycles. The molecule has 2 aromatic rings. The largest absolute Gasteiger partial charge is 0.354 e. The minimum atomic E-state index is -0.965. The average Bonchev–Trinajstić information content (AvgIpc) is 2.86. The van der Waals surface area contributed by atoms with Gasteiger partial charge in [-0.25, -0.2) is 9.59 Å². The fourth-order valence-electron chi connectivity index (χ4n) is 4.44. The number of likely N-dealkylation sites (tertiary alicyclic amines) is 1. The van der Waals surface area contributed by atoms with E-state index in [9.17, 15) is 19.2 Å². The van der Waals surface area contributed by atoms with Gasteiger partial charge in [-0.15, -0.1) is 0 Å². The number of piperazine rings is 1. The SMILES string of the molecule is CC(C)(N)C(=O)N1CCN(C(=O)Nc2ccn(-c3ccc(C[C@H](N)C(=O)N4CC(N)C4)cc3)c(=O)n2)CC1. The van der Waals surface area contributed by atoms with Crippen molar-refractivity contribution in [3.63, 3.8) is 0 Å². The highest BCUT2D eigenvalue weighted by Crippen LogP contribution is 2.14. The zero-order valence-corrected chi connectivity index (χ0v) is 21.7. The van der Waals surface area contributed by atoms with E-state index in [0.717, 1.165) is 5.56 Å². The van der Waals surface area contributed by atoms with Crippen molar-refractivity contribution in [2.45, 2.75) is 37.9 Å². The van der Waals surface area contributed by atoms with E-state index < -0.39 is 23.3 Å². The van der Waals surface area contributed by atoms with Crippen molar-refractivity contribution >= 4 is 23.7 Å². The van der Waals surface area contributed by atoms with Crippen LogP contribution in [0.4, 0.5) is 10.6 Å². The Hall–Kier alpha value is -3.81. The van der Waals surface area contributed by atoms with Crippen LogP contribution in [0.15, 0.2) is 41.3 Å². The third-order valence-electron chi connectivity index (χ3n) is 6.65. The Morgan fingerprint density at radius 1 is 1.03 bits per heavy atom. The van der Waals surface area contributed by atoms with E-state index in [-0.39, 0.29) is 23.7 Å². The van der Waals surface area contributed by atoms with Gasteiger partial charge in [0.1, 0.15) is 5.82 Å². The lowest BCUT2D eigenvalue weighted by molar-refractivity contribution is -0.137. The molecule has 204 valence electrons. The highest BCUT2D eigenvalue weighted by atomic mass is 16.2. The maximum absolute atomic E-state index is 12.7. The summed E-state index contributed by atoms with van der Waals surface area (Å²) in [5.41, 5.74) is 17.6. The molecule has 7 N–H and O–H groups in total. The van der Waals surface area contributed by atoms with Crippen LogP contribution in [0.2, 0.25) is 0 Å². The zero-order valence-electron chi connectivity index (χ0n) is 21.7. The van der Waals surface area contributed by atoms with Gasteiger partial charge in [0.05, 0.1) is 17.3 Å². The second kappa shape index (κ2) is 10.9. The molecule has 13 nitrogen and oxygen atoms in total. The van der Waals surface area contributed by atoms with Gasteiger partial charge in [-0.05, 0) is 44.0 Å². The molecule has 4 rings (SSSR count). The topological polar surface area (TPSA) is 186 Å². The molecule has 4 amide bonds. The number of carbonyl (C=O) groups excluding carboxylic acids is 3. The molecule has 0 radical (unpaired) electrons. The Morgan fingerprint density at radius 3 is 2.18 bits per heavy atom. The van der Waals surface area contributed by atoms with Gasteiger partial charge in [-0.1, -0.05) is 12.1 Å². The molecule has 13 heteroatoms. The fourth-order valence-corrected chi connectivity index (χ4v) is 4.44. The lowest BCUT2D eigenvalue weighted by Gasteiger charge is -2.38. The molecule has 1 atom stereocenters. The van der Waals surface area contributed by atoms with Crippen LogP contribution < -0.4 is 28.2 Å². The van der Waals surface area contributed by atoms with E-state index in [1.54, 1.807) is 40.7 Å². The van der Waals surface area contributed by atoms with Crippen LogP contribution in [-0.4, -0.2) is 99.0 Å². The standard InChI is InChI=1S/C25H35N9O4/c1-25(2,28)22(36)31-9-11-32(12-10-31)23(37)29-20-7-8-34(24(38)30-20)18-5-3-16(4-6-18)13-19(27)21(35)33-14-17(26)15-33/h3-8,17,19H,9-15,26-28H2,1-2H3,(H,29,30,37,38)/t19-/m0/s1. The first-order chi connectivity index (χ1) is 17.9. The molecule has 0 unspecified atom stereocenters. The molecule has 0 aliphatic carbocycles. The van der Waals surface area contributed by atoms with Crippen LogP contribution in [0.3, 0.4) is 0 Å². The van der Waals surface area contributed by atoms with E-state index in [2.05, 4.69) is 10.3 Å². The van der Waals surface area contributed by atoms with Gasteiger partial charge in [-0.2, -0.15) is 4.98 Å². The van der Waals surface area contributed by atoms with Gasteiger partial charge >= 0.3 is 11.7 Å². The Kier molecular flexibility index (Phi) is 7.81. The lowest BCUT2D eigenvalue weighted by atomic mass is 10.0. The van der Waals surface area contributed by atoms with E-state index in [1.807, 2.05) is 12.1 Å². The van der Waals surface area contributed by atoms with E-state index in [4.69, 9.17) is 17.2 Å². The van der Waals surface area contributed by atoms with Crippen LogP contribution in [0, 0.1) is 0 Å². The highest BCUT2D eigenvalue weighted by Gasteiger charge is 2.32. The van der Waals surface area contributed by atoms with E-state index >= 15 is 0 Å². The summed E-state index contributed by atoms with van der Waals surface area (Å²) < 4.78 is 1.35. The van der Waals surface area contributed by atoms with Crippen molar-refractivity contribution in [3.8, 4) is 5.69 Å². The van der Waals surface area contributed by atoms with Crippen LogP contribution >= 0.6 is 0 Å². The second-order valence-corrected chi connectivity index (χ2v) is 10.4. The third kappa shape index (κ3) is 6.18. The average molecular weight is 526 g/mol. The number of rotatable bonds is 6. The molecule has 0 saturated carbocycles. The summed E-state index contributed by atoms with van der Waals surface area (Å²) in [7, 11) is 0. The minimum absolute atomic E-state index is 0.0223. The number of hydrogen-bond acceptors (Lipinski definition) is 8. The highest BCUT2D eigenvalue weighted by molar-refractivity contribution is 5.89. The zero-order chi connectivity index (χ0) is 27.6. The number of nitrogens with two attached hydrogens (primary N) is 3. The third-order valence-corrected chi connectivity index (χ3v) is 6.65. The lowest BCUT2D eigenvalue weighted by Crippen LogP contribution is -2.61. The molecule has 1 aromatic heterocycles. The predicted molar refractivity (Wildman–Crippen MR) is 142 cm³/mol. The summed E-state index contributed by atoms with van der Waals surface area (Å²) in [6.45, 7) is 5.81. The number of urea groups is 1. The summed E-state index contributed by atoms with van der Waals surface area (Å²) in [5, 5.41) is 2.64. The Morgan fingerprint density at radius 2 is 1.63 bits per heavy atom. The Labute approximate surface area is 220 Å². The van der Waals surface area contributed by atoms with Crippen molar-refractivity contribution in [1.29, 1.82) is 0 Å². The van der Waals surface area contributed by atoms with Gasteiger partial charge in [0, 0.05) is 51.5 Å². The van der Waals surface area contributed by atoms with Crippen molar-refractivity contribution in [2.75, 3.05) is 44.6 Å². The normalized spacial score (nSPS) is 17.1. The predicted octanol–water partition coefficient (Wildman–Crippen LogP) is -1.31. The first kappa shape index (κ1) is 27.2. The smallest absolute Gasteiger partial charge is 0.338 e. The molecule has 3 heterocycles. The summed E-state index contributed by atoms with van der Waals surface area (Å²) in [5.74, 6) is -0.155. The number of carbonyl (C=O) groups is 3. The summed E-state index contributed by atoms with van der Waals surface area (Å²) in [6, 6.07) is 7.62. The fraction of sp³-hybridized carbons (Fsp3) is 0.480. The number of aromatic nitrogens is 2. The number of nitrogens with one attached hydrogen (secondary N) is 1. The molecule has 0 bridgehead atoms. The van der Waals surface area contributed by atoms with Crippen molar-refractivity contribution in [2.24, 2.45) is 17.2 Å². The molecular formula is C25H35N9O4. The van der Waals surface area contributed by atoms with Gasteiger partial charge in [0.25, 0.3) is 0 Å². The van der Waals surface area contributed by atoms with Crippen LogP contribution in [0.5, 0.6) is 0 Å². The molecule has 2 saturated heterocycles. The van der Waals surface area contributed by atoms with Crippen molar-refractivity contribution < 1.29 is 14.4 Å². The molecular weight excluding hydrogens is 490 g/mol. The monoisotopic (exact) mass is 525 g/mol. The van der Waals surface area contributed by atoms with Crippen LogP contribution in [0.1, 0.15) is 19.4 Å². The van der Waals surface area contributed by atoms with Crippen LogP contribution in [-0.2, 0) is 16.0 Å². The summed E-state index contributed by atoms with van der Waals surface area (Å²) in [4.78, 5) is 58.8. The number of hydrogen-bond donors (Lipinski definition) is 4.